The Kier molecular flexibility index (Phi) is 7.10. The van der Waals surface area contributed by atoms with E-state index in [9.17, 15) is 9.90 Å². The normalized spacial score (nSPS) is 19.8. The summed E-state index contributed by atoms with van der Waals surface area (Å²) < 4.78 is 17.0. The van der Waals surface area contributed by atoms with Crippen LogP contribution in [0.5, 0.6) is 11.6 Å². The lowest BCUT2D eigenvalue weighted by Crippen LogP contribution is -2.47. The second-order valence-electron chi connectivity index (χ2n) is 8.29. The number of pyridine rings is 1. The molecule has 0 spiro atoms. The minimum atomic E-state index is -0.294. The highest BCUT2D eigenvalue weighted by molar-refractivity contribution is 6.35. The number of methoxy groups -OCH3 is 1. The van der Waals surface area contributed by atoms with Crippen LogP contribution in [-0.4, -0.2) is 69.4 Å². The Labute approximate surface area is 211 Å². The van der Waals surface area contributed by atoms with E-state index in [0.717, 1.165) is 0 Å². The van der Waals surface area contributed by atoms with Gasteiger partial charge in [-0.1, -0.05) is 17.7 Å². The van der Waals surface area contributed by atoms with E-state index < -0.39 is 0 Å². The Morgan fingerprint density at radius 3 is 2.89 bits per heavy atom. The molecule has 1 fully saturated rings. The minimum Gasteiger partial charge on any atom is -0.439 e. The van der Waals surface area contributed by atoms with E-state index in [0.29, 0.717) is 52.6 Å². The fourth-order valence-corrected chi connectivity index (χ4v) is 4.46. The van der Waals surface area contributed by atoms with Crippen LogP contribution in [0.25, 0.3) is 11.0 Å². The van der Waals surface area contributed by atoms with Gasteiger partial charge in [-0.15, -0.1) is 0 Å². The number of H-pyrrole nitrogens is 1. The van der Waals surface area contributed by atoms with Gasteiger partial charge in [0, 0.05) is 43.6 Å². The Morgan fingerprint density at radius 2 is 2.14 bits per heavy atom. The monoisotopic (exact) mass is 509 g/mol. The molecule has 4 aromatic rings. The zero-order valence-electron chi connectivity index (χ0n) is 19.3. The lowest BCUT2D eigenvalue weighted by atomic mass is 10.0. The van der Waals surface area contributed by atoms with Crippen LogP contribution in [0.15, 0.2) is 55.1 Å². The molecule has 3 atom stereocenters. The predicted molar refractivity (Wildman–Crippen MR) is 133 cm³/mol. The van der Waals surface area contributed by atoms with Crippen molar-refractivity contribution >= 4 is 34.2 Å². The summed E-state index contributed by atoms with van der Waals surface area (Å²) >= 11 is 6.49. The summed E-state index contributed by atoms with van der Waals surface area (Å²) in [5.41, 5.74) is 1.18. The number of carbonyl (C=O) groups is 1. The minimum absolute atomic E-state index is 0.0761. The van der Waals surface area contributed by atoms with Gasteiger partial charge in [-0.05, 0) is 18.2 Å². The first-order chi connectivity index (χ1) is 17.6. The summed E-state index contributed by atoms with van der Waals surface area (Å²) in [4.78, 5) is 29.4. The molecule has 1 saturated heterocycles. The average molecular weight is 510 g/mol. The zero-order chi connectivity index (χ0) is 25.1. The van der Waals surface area contributed by atoms with E-state index in [1.54, 1.807) is 49.8 Å². The number of aliphatic hydroxyl groups excluding tert-OH is 1. The first-order valence-corrected chi connectivity index (χ1v) is 11.7. The van der Waals surface area contributed by atoms with Crippen molar-refractivity contribution in [3.8, 4) is 11.6 Å². The SMILES string of the molecule is CO[C@@H]1C[C@@H](CO)OC[C@@H]1Nc1ncnc2[nH]cc(C(=O)c3ccc(Oc4ccccn4)cc3Cl)c12. The lowest BCUT2D eigenvalue weighted by Gasteiger charge is -2.35. The van der Waals surface area contributed by atoms with Crippen molar-refractivity contribution in [3.63, 3.8) is 0 Å². The molecule has 11 heteroatoms. The third-order valence-corrected chi connectivity index (χ3v) is 6.36. The molecule has 3 aromatic heterocycles. The molecule has 5 rings (SSSR count). The maximum Gasteiger partial charge on any atom is 0.219 e. The first kappa shape index (κ1) is 24.1. The highest BCUT2D eigenvalue weighted by Crippen LogP contribution is 2.32. The molecule has 3 N–H and O–H groups in total. The number of aromatic amines is 1. The fourth-order valence-electron chi connectivity index (χ4n) is 4.20. The summed E-state index contributed by atoms with van der Waals surface area (Å²) in [7, 11) is 1.61. The zero-order valence-corrected chi connectivity index (χ0v) is 20.1. The number of nitrogens with zero attached hydrogens (tertiary/aromatic N) is 3. The second-order valence-corrected chi connectivity index (χ2v) is 8.69. The number of aliphatic hydroxyl groups is 1. The van der Waals surface area contributed by atoms with Crippen molar-refractivity contribution in [1.82, 2.24) is 19.9 Å². The van der Waals surface area contributed by atoms with Crippen LogP contribution in [-0.2, 0) is 9.47 Å². The number of hydrogen-bond donors (Lipinski definition) is 3. The molecule has 36 heavy (non-hydrogen) atoms. The van der Waals surface area contributed by atoms with Gasteiger partial charge in [0.05, 0.1) is 47.4 Å². The molecule has 186 valence electrons. The van der Waals surface area contributed by atoms with Gasteiger partial charge in [-0.3, -0.25) is 4.79 Å². The maximum atomic E-state index is 13.5. The number of halogens is 1. The van der Waals surface area contributed by atoms with Gasteiger partial charge in [0.1, 0.15) is 23.5 Å². The summed E-state index contributed by atoms with van der Waals surface area (Å²) in [6.07, 6.45) is 4.66. The molecule has 0 radical (unpaired) electrons. The second kappa shape index (κ2) is 10.6. The maximum absolute atomic E-state index is 13.5. The molecule has 0 bridgehead atoms. The van der Waals surface area contributed by atoms with Crippen molar-refractivity contribution in [3.05, 3.63) is 71.3 Å². The highest BCUT2D eigenvalue weighted by atomic mass is 35.5. The standard InChI is InChI=1S/C25H24ClN5O5/c1-34-20-9-15(11-32)35-12-19(20)31-25-22-17(10-28-24(22)29-13-30-25)23(33)16-6-5-14(8-18(16)26)36-21-4-2-3-7-27-21/h2-8,10,13,15,19-20,32H,9,11-12H2,1H3,(H2,28,29,30,31)/t15-,19-,20+/m0/s1. The molecular weight excluding hydrogens is 486 g/mol. The van der Waals surface area contributed by atoms with Crippen LogP contribution in [0.3, 0.4) is 0 Å². The topological polar surface area (TPSA) is 131 Å². The number of carbonyl (C=O) groups excluding carboxylic acids is 1. The summed E-state index contributed by atoms with van der Waals surface area (Å²) in [5, 5.41) is 13.5. The van der Waals surface area contributed by atoms with Crippen LogP contribution < -0.4 is 10.1 Å². The van der Waals surface area contributed by atoms with E-state index >= 15 is 0 Å². The first-order valence-electron chi connectivity index (χ1n) is 11.3. The Hall–Kier alpha value is -3.57. The van der Waals surface area contributed by atoms with E-state index in [2.05, 4.69) is 25.3 Å². The van der Waals surface area contributed by atoms with E-state index in [1.165, 1.54) is 6.33 Å². The third kappa shape index (κ3) is 4.89. The summed E-state index contributed by atoms with van der Waals surface area (Å²) in [6, 6.07) is 9.95. The highest BCUT2D eigenvalue weighted by Gasteiger charge is 2.32. The number of nitrogens with one attached hydrogen (secondary N) is 2. The molecule has 0 unspecified atom stereocenters. The van der Waals surface area contributed by atoms with Crippen LogP contribution >= 0.6 is 11.6 Å². The third-order valence-electron chi connectivity index (χ3n) is 6.04. The predicted octanol–water partition coefficient (Wildman–Crippen LogP) is 3.61. The van der Waals surface area contributed by atoms with Crippen molar-refractivity contribution < 1.29 is 24.1 Å². The van der Waals surface area contributed by atoms with E-state index in [1.807, 2.05) is 6.07 Å². The largest absolute Gasteiger partial charge is 0.439 e. The van der Waals surface area contributed by atoms with Gasteiger partial charge < -0.3 is 29.6 Å². The van der Waals surface area contributed by atoms with Crippen molar-refractivity contribution in [2.45, 2.75) is 24.7 Å². The van der Waals surface area contributed by atoms with Crippen LogP contribution in [0.4, 0.5) is 5.82 Å². The molecule has 10 nitrogen and oxygen atoms in total. The number of fused-ring (bicyclic) bond motifs is 1. The number of rotatable bonds is 8. The van der Waals surface area contributed by atoms with Crippen LogP contribution in [0.2, 0.25) is 5.02 Å². The Balaban J connectivity index is 1.42. The number of ether oxygens (including phenoxy) is 3. The van der Waals surface area contributed by atoms with E-state index in [-0.39, 0.29) is 35.7 Å². The van der Waals surface area contributed by atoms with Crippen molar-refractivity contribution in [2.24, 2.45) is 0 Å². The Bertz CT molecular complexity index is 1370. The summed E-state index contributed by atoms with van der Waals surface area (Å²) in [5.74, 6) is 1.05. The Morgan fingerprint density at radius 1 is 1.25 bits per heavy atom. The molecule has 0 saturated carbocycles. The number of hydrogen-bond acceptors (Lipinski definition) is 9. The van der Waals surface area contributed by atoms with Crippen molar-refractivity contribution in [2.75, 3.05) is 25.6 Å². The smallest absolute Gasteiger partial charge is 0.219 e. The number of benzene rings is 1. The molecule has 1 aliphatic rings. The van der Waals surface area contributed by atoms with Crippen LogP contribution in [0, 0.1) is 0 Å². The number of anilines is 1. The van der Waals surface area contributed by atoms with Gasteiger partial charge in [0.2, 0.25) is 5.88 Å². The lowest BCUT2D eigenvalue weighted by molar-refractivity contribution is -0.0831. The van der Waals surface area contributed by atoms with Gasteiger partial charge in [0.15, 0.2) is 5.78 Å². The van der Waals surface area contributed by atoms with Crippen molar-refractivity contribution in [1.29, 1.82) is 0 Å². The van der Waals surface area contributed by atoms with Gasteiger partial charge in [-0.2, -0.15) is 0 Å². The van der Waals surface area contributed by atoms with Gasteiger partial charge in [0.25, 0.3) is 0 Å². The number of ketones is 1. The van der Waals surface area contributed by atoms with Crippen LogP contribution in [0.1, 0.15) is 22.3 Å². The molecular formula is C25H24ClN5O5. The fraction of sp³-hybridized carbons (Fsp3) is 0.280. The van der Waals surface area contributed by atoms with Gasteiger partial charge in [-0.25, -0.2) is 15.0 Å². The average Bonchev–Trinajstić information content (AvgIpc) is 3.34. The quantitative estimate of drug-likeness (QED) is 0.305. The molecule has 4 heterocycles. The molecule has 1 aliphatic heterocycles. The molecule has 0 aliphatic carbocycles. The molecule has 1 aromatic carbocycles. The number of aromatic nitrogens is 4. The summed E-state index contributed by atoms with van der Waals surface area (Å²) in [6.45, 7) is 0.236. The van der Waals surface area contributed by atoms with E-state index in [4.69, 9.17) is 25.8 Å². The molecule has 0 amide bonds. The van der Waals surface area contributed by atoms with Gasteiger partial charge >= 0.3 is 0 Å².